The summed E-state index contributed by atoms with van der Waals surface area (Å²) in [6.07, 6.45) is 3.43. The van der Waals surface area contributed by atoms with E-state index in [-0.39, 0.29) is 16.0 Å². The van der Waals surface area contributed by atoms with Crippen LogP contribution < -0.4 is 14.8 Å². The average molecular weight is 393 g/mol. The minimum absolute atomic E-state index is 0.0200. The van der Waals surface area contributed by atoms with Crippen molar-refractivity contribution >= 4 is 33.3 Å². The Hall–Kier alpha value is -2.92. The molecule has 0 saturated heterocycles. The molecule has 0 aliphatic heterocycles. The largest absolute Gasteiger partial charge is 0.481 e. The maximum absolute atomic E-state index is 12.6. The van der Waals surface area contributed by atoms with Gasteiger partial charge in [-0.15, -0.1) is 11.3 Å². The number of hydrogen-bond donors (Lipinski definition) is 2. The van der Waals surface area contributed by atoms with Crippen LogP contribution in [0.3, 0.4) is 0 Å². The van der Waals surface area contributed by atoms with Gasteiger partial charge in [0.15, 0.2) is 4.21 Å². The summed E-state index contributed by atoms with van der Waals surface area (Å²) in [5.74, 6) is 0.190. The number of methoxy groups -OCH3 is 1. The smallest absolute Gasteiger partial charge is 0.335 e. The van der Waals surface area contributed by atoms with E-state index in [1.807, 2.05) is 4.72 Å². The molecule has 3 heterocycles. The lowest BCUT2D eigenvalue weighted by Gasteiger charge is -2.10. The maximum atomic E-state index is 12.6. The van der Waals surface area contributed by atoms with Crippen molar-refractivity contribution in [2.75, 3.05) is 12.4 Å². The van der Waals surface area contributed by atoms with Crippen molar-refractivity contribution in [3.05, 3.63) is 47.7 Å². The van der Waals surface area contributed by atoms with Crippen LogP contribution in [0, 0.1) is 6.92 Å². The topological polar surface area (TPSA) is 115 Å². The molecule has 26 heavy (non-hydrogen) atoms. The molecular weight excluding hydrogens is 378 g/mol. The third-order valence-electron chi connectivity index (χ3n) is 3.23. The van der Waals surface area contributed by atoms with E-state index in [0.717, 1.165) is 11.3 Å². The van der Waals surface area contributed by atoms with E-state index in [1.165, 1.54) is 7.11 Å². The van der Waals surface area contributed by atoms with E-state index in [4.69, 9.17) is 4.74 Å². The molecule has 136 valence electrons. The molecule has 0 bridgehead atoms. The molecule has 2 N–H and O–H groups in total. The van der Waals surface area contributed by atoms with Crippen LogP contribution >= 0.6 is 11.3 Å². The molecule has 3 aromatic rings. The van der Waals surface area contributed by atoms with Gasteiger partial charge in [-0.2, -0.15) is 4.98 Å². The highest BCUT2D eigenvalue weighted by atomic mass is 32.2. The summed E-state index contributed by atoms with van der Waals surface area (Å²) in [6.45, 7) is 1.69. The Labute approximate surface area is 153 Å². The van der Waals surface area contributed by atoms with Gasteiger partial charge < -0.3 is 9.30 Å². The molecule has 0 atom stereocenters. The van der Waals surface area contributed by atoms with Crippen LogP contribution in [-0.2, 0) is 10.0 Å². The van der Waals surface area contributed by atoms with Gasteiger partial charge in [-0.25, -0.2) is 22.9 Å². The summed E-state index contributed by atoms with van der Waals surface area (Å²) >= 11 is 1.01. The third kappa shape index (κ3) is 3.83. The number of ether oxygens (including phenoxy) is 1. The normalized spacial score (nSPS) is 11.2. The number of carbonyl (C=O) groups excluding carboxylic acids is 1. The fraction of sp³-hybridized carbons (Fsp3) is 0.133. The Morgan fingerprint density at radius 3 is 2.69 bits per heavy atom. The van der Waals surface area contributed by atoms with Gasteiger partial charge in [0.05, 0.1) is 12.8 Å². The molecule has 0 radical (unpaired) electrons. The predicted octanol–water partition coefficient (Wildman–Crippen LogP) is 2.16. The van der Waals surface area contributed by atoms with Gasteiger partial charge >= 0.3 is 6.03 Å². The lowest BCUT2D eigenvalue weighted by atomic mass is 10.4. The molecule has 0 aliphatic carbocycles. The number of amides is 2. The van der Waals surface area contributed by atoms with Crippen molar-refractivity contribution in [3.8, 4) is 11.6 Å². The zero-order valence-electron chi connectivity index (χ0n) is 13.8. The van der Waals surface area contributed by atoms with Gasteiger partial charge in [-0.05, 0) is 30.5 Å². The fourth-order valence-corrected chi connectivity index (χ4v) is 4.42. The molecule has 3 rings (SSSR count). The van der Waals surface area contributed by atoms with Crippen molar-refractivity contribution in [2.24, 2.45) is 0 Å². The van der Waals surface area contributed by atoms with E-state index in [2.05, 4.69) is 15.3 Å². The van der Waals surface area contributed by atoms with Crippen LogP contribution in [0.25, 0.3) is 5.69 Å². The van der Waals surface area contributed by atoms with E-state index in [0.29, 0.717) is 11.4 Å². The molecular formula is C15H15N5O4S2. The molecule has 0 saturated carbocycles. The van der Waals surface area contributed by atoms with Crippen LogP contribution in [0.2, 0.25) is 0 Å². The molecule has 2 amide bonds. The maximum Gasteiger partial charge on any atom is 0.335 e. The fourth-order valence-electron chi connectivity index (χ4n) is 2.17. The molecule has 0 unspecified atom stereocenters. The van der Waals surface area contributed by atoms with E-state index in [9.17, 15) is 13.2 Å². The number of aryl methyl sites for hydroxylation is 1. The van der Waals surface area contributed by atoms with Crippen LogP contribution in [0.5, 0.6) is 5.88 Å². The highest BCUT2D eigenvalue weighted by molar-refractivity contribution is 7.92. The summed E-state index contributed by atoms with van der Waals surface area (Å²) in [4.78, 5) is 20.1. The van der Waals surface area contributed by atoms with Crippen molar-refractivity contribution in [1.29, 1.82) is 0 Å². The lowest BCUT2D eigenvalue weighted by molar-refractivity contribution is 0.256. The number of urea groups is 1. The quantitative estimate of drug-likeness (QED) is 0.686. The number of nitrogens with zero attached hydrogens (tertiary/aromatic N) is 3. The molecule has 0 aromatic carbocycles. The lowest BCUT2D eigenvalue weighted by Crippen LogP contribution is -2.35. The number of sulfonamides is 1. The van der Waals surface area contributed by atoms with Gasteiger partial charge in [0, 0.05) is 24.2 Å². The van der Waals surface area contributed by atoms with Crippen LogP contribution in [0.4, 0.5) is 10.7 Å². The van der Waals surface area contributed by atoms with Gasteiger partial charge in [0.2, 0.25) is 11.8 Å². The summed E-state index contributed by atoms with van der Waals surface area (Å²) in [5.41, 5.74) is 1.01. The Kier molecular flexibility index (Phi) is 4.91. The number of nitrogens with one attached hydrogen (secondary N) is 2. The number of rotatable bonds is 5. The van der Waals surface area contributed by atoms with Gasteiger partial charge in [0.25, 0.3) is 10.0 Å². The Morgan fingerprint density at radius 2 is 2.00 bits per heavy atom. The first-order valence-electron chi connectivity index (χ1n) is 7.33. The molecule has 0 aliphatic rings. The highest BCUT2D eigenvalue weighted by Crippen LogP contribution is 2.26. The Balaban J connectivity index is 1.79. The Bertz CT molecular complexity index is 1030. The van der Waals surface area contributed by atoms with Gasteiger partial charge in [-0.1, -0.05) is 0 Å². The number of aromatic nitrogens is 3. The number of thiophene rings is 1. The number of carbonyl (C=O) groups is 1. The molecule has 0 spiro atoms. The number of hydrogen-bond acceptors (Lipinski definition) is 7. The van der Waals surface area contributed by atoms with E-state index >= 15 is 0 Å². The molecule has 0 fully saturated rings. The summed E-state index contributed by atoms with van der Waals surface area (Å²) in [6, 6.07) is 5.82. The molecule has 3 aromatic heterocycles. The third-order valence-corrected chi connectivity index (χ3v) is 6.02. The SMILES string of the molecule is COc1cc(C)nc(NC(=O)NS(=O)(=O)c2sccc2-n2cccc2)n1. The van der Waals surface area contributed by atoms with Crippen LogP contribution in [-0.4, -0.2) is 36.1 Å². The minimum atomic E-state index is -4.07. The van der Waals surface area contributed by atoms with Crippen LogP contribution in [0.1, 0.15) is 5.69 Å². The highest BCUT2D eigenvalue weighted by Gasteiger charge is 2.24. The summed E-state index contributed by atoms with van der Waals surface area (Å²) < 4.78 is 33.7. The first-order valence-corrected chi connectivity index (χ1v) is 9.69. The standard InChI is InChI=1S/C15H15N5O4S2/c1-10-9-12(24-2)17-14(16-10)18-15(21)19-26(22,23)13-11(5-8-25-13)20-6-3-4-7-20/h3-9H,1-2H3,(H2,16,17,18,19,21). The second kappa shape index (κ2) is 7.14. The minimum Gasteiger partial charge on any atom is -0.481 e. The van der Waals surface area contributed by atoms with E-state index in [1.54, 1.807) is 53.5 Å². The van der Waals surface area contributed by atoms with Crippen molar-refractivity contribution in [2.45, 2.75) is 11.1 Å². The summed E-state index contributed by atoms with van der Waals surface area (Å²) in [5, 5.41) is 3.93. The van der Waals surface area contributed by atoms with Crippen molar-refractivity contribution in [1.82, 2.24) is 19.3 Å². The van der Waals surface area contributed by atoms with Gasteiger partial charge in [-0.3, -0.25) is 5.32 Å². The van der Waals surface area contributed by atoms with Crippen molar-refractivity contribution in [3.63, 3.8) is 0 Å². The first-order chi connectivity index (χ1) is 12.4. The summed E-state index contributed by atoms with van der Waals surface area (Å²) in [7, 11) is -2.64. The molecule has 9 nitrogen and oxygen atoms in total. The second-order valence-corrected chi connectivity index (χ2v) is 7.91. The zero-order valence-corrected chi connectivity index (χ0v) is 15.5. The van der Waals surface area contributed by atoms with Crippen LogP contribution in [0.15, 0.2) is 46.2 Å². The second-order valence-electron chi connectivity index (χ2n) is 5.12. The first kappa shape index (κ1) is 17.9. The van der Waals surface area contributed by atoms with Crippen molar-refractivity contribution < 1.29 is 17.9 Å². The zero-order chi connectivity index (χ0) is 18.7. The average Bonchev–Trinajstić information content (AvgIpc) is 3.24. The predicted molar refractivity (Wildman–Crippen MR) is 96.3 cm³/mol. The number of anilines is 1. The molecule has 11 heteroatoms. The monoisotopic (exact) mass is 393 g/mol. The Morgan fingerprint density at radius 1 is 1.27 bits per heavy atom. The van der Waals surface area contributed by atoms with E-state index < -0.39 is 16.1 Å². The van der Waals surface area contributed by atoms with Gasteiger partial charge in [0.1, 0.15) is 0 Å².